The fourth-order valence-corrected chi connectivity index (χ4v) is 3.75. The van der Waals surface area contributed by atoms with Gasteiger partial charge in [0.1, 0.15) is 5.01 Å². The van der Waals surface area contributed by atoms with Crippen molar-refractivity contribution in [1.29, 1.82) is 0 Å². The van der Waals surface area contributed by atoms with Gasteiger partial charge >= 0.3 is 0 Å². The van der Waals surface area contributed by atoms with Crippen LogP contribution in [0.2, 0.25) is 0 Å². The first-order valence-electron chi connectivity index (χ1n) is 8.49. The fraction of sp³-hybridized carbons (Fsp3) is 0.0455. The number of aromatic nitrogens is 1. The van der Waals surface area contributed by atoms with Gasteiger partial charge in [0.2, 0.25) is 0 Å². The number of fused-ring (bicyclic) bond motifs is 1. The highest BCUT2D eigenvalue weighted by Crippen LogP contribution is 2.30. The number of aryl methyl sites for hydroxylation is 1. The highest BCUT2D eigenvalue weighted by molar-refractivity contribution is 7.21. The summed E-state index contributed by atoms with van der Waals surface area (Å²) in [6.07, 6.45) is 3.94. The predicted octanol–water partition coefficient (Wildman–Crippen LogP) is 6.35. The number of hydrogen-bond donors (Lipinski definition) is 0. The molecule has 0 atom stereocenters. The summed E-state index contributed by atoms with van der Waals surface area (Å²) >= 11 is 1.69. The van der Waals surface area contributed by atoms with Crippen molar-refractivity contribution < 1.29 is 4.92 Å². The molecule has 5 heteroatoms. The van der Waals surface area contributed by atoms with Gasteiger partial charge in [0.15, 0.2) is 0 Å². The topological polar surface area (TPSA) is 56.0 Å². The normalized spacial score (nSPS) is 11.3. The molecule has 1 heterocycles. The van der Waals surface area contributed by atoms with E-state index < -0.39 is 4.92 Å². The van der Waals surface area contributed by atoms with Crippen LogP contribution in [0.5, 0.6) is 0 Å². The highest BCUT2D eigenvalue weighted by Gasteiger charge is 2.06. The number of benzene rings is 3. The minimum absolute atomic E-state index is 0.0996. The second-order valence-corrected chi connectivity index (χ2v) is 7.32. The van der Waals surface area contributed by atoms with E-state index in [-0.39, 0.29) is 5.69 Å². The first-order chi connectivity index (χ1) is 13.1. The molecule has 0 N–H and O–H groups in total. The molecule has 0 unspecified atom stereocenters. The number of non-ortho nitro benzene ring substituents is 1. The largest absolute Gasteiger partial charge is 0.269 e. The molecule has 3 aromatic carbocycles. The fourth-order valence-electron chi connectivity index (χ4n) is 2.80. The predicted molar refractivity (Wildman–Crippen MR) is 112 cm³/mol. The van der Waals surface area contributed by atoms with E-state index in [1.807, 2.05) is 12.2 Å². The maximum Gasteiger partial charge on any atom is 0.269 e. The Bertz CT molecular complexity index is 1140. The summed E-state index contributed by atoms with van der Waals surface area (Å²) in [5.74, 6) is 0. The summed E-state index contributed by atoms with van der Waals surface area (Å²) in [5.41, 5.74) is 5.44. The quantitative estimate of drug-likeness (QED) is 0.238. The lowest BCUT2D eigenvalue weighted by atomic mass is 10.1. The van der Waals surface area contributed by atoms with E-state index in [1.165, 1.54) is 22.4 Å². The molecule has 0 bridgehead atoms. The monoisotopic (exact) mass is 372 g/mol. The van der Waals surface area contributed by atoms with Crippen molar-refractivity contribution in [2.75, 3.05) is 0 Å². The molecule has 0 fully saturated rings. The second-order valence-electron chi connectivity index (χ2n) is 6.29. The van der Waals surface area contributed by atoms with Crippen LogP contribution in [0.1, 0.15) is 16.7 Å². The molecule has 1 aromatic heterocycles. The molecule has 4 rings (SSSR count). The van der Waals surface area contributed by atoms with Gasteiger partial charge in [0, 0.05) is 17.7 Å². The number of nitro benzene ring substituents is 1. The van der Waals surface area contributed by atoms with Crippen molar-refractivity contribution in [2.24, 2.45) is 0 Å². The minimum atomic E-state index is -0.393. The molecule has 0 aliphatic heterocycles. The molecule has 0 spiro atoms. The zero-order valence-electron chi connectivity index (χ0n) is 14.6. The van der Waals surface area contributed by atoms with Crippen LogP contribution >= 0.6 is 11.3 Å². The molecule has 0 saturated carbocycles. The summed E-state index contributed by atoms with van der Waals surface area (Å²) in [6, 6.07) is 21.1. The van der Waals surface area contributed by atoms with Crippen molar-refractivity contribution in [3.05, 3.63) is 93.5 Å². The summed E-state index contributed by atoms with van der Waals surface area (Å²) in [5, 5.41) is 11.7. The van der Waals surface area contributed by atoms with Crippen LogP contribution in [0.15, 0.2) is 66.7 Å². The zero-order valence-corrected chi connectivity index (χ0v) is 15.4. The first-order valence-corrected chi connectivity index (χ1v) is 9.30. The van der Waals surface area contributed by atoms with Crippen molar-refractivity contribution >= 4 is 39.4 Å². The average Bonchev–Trinajstić information content (AvgIpc) is 3.10. The minimum Gasteiger partial charge on any atom is -0.258 e. The molecule has 0 saturated heterocycles. The maximum atomic E-state index is 10.7. The molecule has 132 valence electrons. The van der Waals surface area contributed by atoms with Gasteiger partial charge in [-0.2, -0.15) is 0 Å². The Balaban J connectivity index is 1.53. The Morgan fingerprint density at radius 2 is 1.56 bits per heavy atom. The number of nitrogens with zero attached hydrogens (tertiary/aromatic N) is 2. The van der Waals surface area contributed by atoms with E-state index in [0.717, 1.165) is 27.2 Å². The number of rotatable bonds is 4. The summed E-state index contributed by atoms with van der Waals surface area (Å²) in [7, 11) is 0. The molecule has 4 aromatic rings. The van der Waals surface area contributed by atoms with Gasteiger partial charge in [-0.25, -0.2) is 4.98 Å². The Morgan fingerprint density at radius 1 is 0.926 bits per heavy atom. The zero-order chi connectivity index (χ0) is 18.8. The number of thiazole rings is 1. The van der Waals surface area contributed by atoms with Crippen molar-refractivity contribution in [3.8, 4) is 10.6 Å². The lowest BCUT2D eigenvalue weighted by Crippen LogP contribution is -1.86. The number of nitro groups is 1. The summed E-state index contributed by atoms with van der Waals surface area (Å²) in [6.45, 7) is 2.07. The third-order valence-corrected chi connectivity index (χ3v) is 5.36. The van der Waals surface area contributed by atoms with Gasteiger partial charge in [-0.3, -0.25) is 10.1 Å². The van der Waals surface area contributed by atoms with Crippen LogP contribution in [-0.2, 0) is 0 Å². The molecule has 0 aliphatic rings. The SMILES string of the molecule is Cc1ccc2sc(-c3ccc(/C=C/c4ccc([N+](=O)[O-])cc4)cc3)nc2c1. The smallest absolute Gasteiger partial charge is 0.258 e. The Morgan fingerprint density at radius 3 is 2.19 bits per heavy atom. The van der Waals surface area contributed by atoms with Crippen LogP contribution in [0.4, 0.5) is 5.69 Å². The Hall–Kier alpha value is -3.31. The van der Waals surface area contributed by atoms with E-state index >= 15 is 0 Å². The lowest BCUT2D eigenvalue weighted by molar-refractivity contribution is -0.384. The van der Waals surface area contributed by atoms with Crippen LogP contribution in [0.25, 0.3) is 32.9 Å². The van der Waals surface area contributed by atoms with E-state index in [4.69, 9.17) is 4.98 Å². The van der Waals surface area contributed by atoms with Gasteiger partial charge in [-0.15, -0.1) is 11.3 Å². The first kappa shape index (κ1) is 17.1. The Labute approximate surface area is 160 Å². The van der Waals surface area contributed by atoms with E-state index in [9.17, 15) is 10.1 Å². The van der Waals surface area contributed by atoms with Crippen LogP contribution < -0.4 is 0 Å². The average molecular weight is 372 g/mol. The van der Waals surface area contributed by atoms with E-state index in [1.54, 1.807) is 23.5 Å². The number of hydrogen-bond acceptors (Lipinski definition) is 4. The molecule has 4 nitrogen and oxygen atoms in total. The molecule has 0 amide bonds. The molecule has 0 radical (unpaired) electrons. The van der Waals surface area contributed by atoms with Gasteiger partial charge in [0.05, 0.1) is 15.1 Å². The van der Waals surface area contributed by atoms with Crippen LogP contribution in [-0.4, -0.2) is 9.91 Å². The van der Waals surface area contributed by atoms with Crippen molar-refractivity contribution in [2.45, 2.75) is 6.92 Å². The molecule has 0 aliphatic carbocycles. The molecule has 27 heavy (non-hydrogen) atoms. The third kappa shape index (κ3) is 3.78. The van der Waals surface area contributed by atoms with Gasteiger partial charge < -0.3 is 0 Å². The van der Waals surface area contributed by atoms with Crippen LogP contribution in [0.3, 0.4) is 0 Å². The van der Waals surface area contributed by atoms with Gasteiger partial charge in [-0.1, -0.05) is 42.5 Å². The van der Waals surface area contributed by atoms with Gasteiger partial charge in [-0.05, 0) is 47.9 Å². The van der Waals surface area contributed by atoms with E-state index in [2.05, 4.69) is 49.4 Å². The van der Waals surface area contributed by atoms with Crippen molar-refractivity contribution in [1.82, 2.24) is 4.98 Å². The molecular formula is C22H16N2O2S. The van der Waals surface area contributed by atoms with Crippen LogP contribution in [0, 0.1) is 17.0 Å². The van der Waals surface area contributed by atoms with E-state index in [0.29, 0.717) is 0 Å². The lowest BCUT2D eigenvalue weighted by Gasteiger charge is -1.98. The summed E-state index contributed by atoms with van der Waals surface area (Å²) < 4.78 is 1.19. The summed E-state index contributed by atoms with van der Waals surface area (Å²) in [4.78, 5) is 15.0. The Kier molecular flexibility index (Phi) is 4.52. The second kappa shape index (κ2) is 7.13. The standard InChI is InChI=1S/C22H16N2O2S/c1-15-2-13-21-20(14-15)23-22(27-21)18-9-5-16(6-10-18)3-4-17-7-11-19(12-8-17)24(25)26/h2-14H,1H3/b4-3+. The highest BCUT2D eigenvalue weighted by atomic mass is 32.1. The van der Waals surface area contributed by atoms with Crippen molar-refractivity contribution in [3.63, 3.8) is 0 Å². The maximum absolute atomic E-state index is 10.7. The third-order valence-electron chi connectivity index (χ3n) is 4.27. The molecular weight excluding hydrogens is 356 g/mol. The van der Waals surface area contributed by atoms with Gasteiger partial charge in [0.25, 0.3) is 5.69 Å².